The Balaban J connectivity index is 2.40. The van der Waals surface area contributed by atoms with E-state index in [9.17, 15) is 0 Å². The van der Waals surface area contributed by atoms with E-state index in [2.05, 4.69) is 28.8 Å². The highest BCUT2D eigenvalue weighted by atomic mass is 35.5. The van der Waals surface area contributed by atoms with Crippen molar-refractivity contribution in [1.82, 2.24) is 10.4 Å². The van der Waals surface area contributed by atoms with Gasteiger partial charge in [-0.1, -0.05) is 11.6 Å². The first-order valence-corrected chi connectivity index (χ1v) is 6.09. The summed E-state index contributed by atoms with van der Waals surface area (Å²) in [4.78, 5) is 5.50. The largest absolute Gasteiger partial charge is 0.271 e. The minimum absolute atomic E-state index is 0.154. The molecule has 2 heterocycles. The second-order valence-corrected chi connectivity index (χ2v) is 4.98. The molecule has 0 spiro atoms. The quantitative estimate of drug-likeness (QED) is 0.653. The molecule has 0 bridgehead atoms. The summed E-state index contributed by atoms with van der Waals surface area (Å²) < 4.78 is 0. The zero-order valence-corrected chi connectivity index (χ0v) is 10.3. The molecule has 16 heavy (non-hydrogen) atoms. The molecule has 0 radical (unpaired) electrons. The van der Waals surface area contributed by atoms with Crippen molar-refractivity contribution in [2.24, 2.45) is 5.84 Å². The van der Waals surface area contributed by atoms with E-state index in [0.717, 1.165) is 11.3 Å². The first kappa shape index (κ1) is 11.5. The van der Waals surface area contributed by atoms with E-state index in [0.29, 0.717) is 5.02 Å². The third-order valence-corrected chi connectivity index (χ3v) is 3.51. The molecule has 0 amide bonds. The van der Waals surface area contributed by atoms with Crippen LogP contribution in [-0.2, 0) is 0 Å². The topological polar surface area (TPSA) is 50.9 Å². The van der Waals surface area contributed by atoms with Crippen LogP contribution in [-0.4, -0.2) is 4.98 Å². The average Bonchev–Trinajstić information content (AvgIpc) is 2.69. The van der Waals surface area contributed by atoms with Crippen molar-refractivity contribution in [2.45, 2.75) is 13.0 Å². The molecule has 1 unspecified atom stereocenters. The van der Waals surface area contributed by atoms with Gasteiger partial charge in [0.15, 0.2) is 0 Å². The number of nitrogens with one attached hydrogen (secondary N) is 1. The van der Waals surface area contributed by atoms with E-state index in [1.54, 1.807) is 23.6 Å². The fraction of sp³-hybridized carbons (Fsp3) is 0.182. The summed E-state index contributed by atoms with van der Waals surface area (Å²) in [5, 5.41) is 2.68. The third-order valence-electron chi connectivity index (χ3n) is 2.31. The third kappa shape index (κ3) is 2.25. The lowest BCUT2D eigenvalue weighted by atomic mass is 10.1. The van der Waals surface area contributed by atoms with Crippen LogP contribution in [0.4, 0.5) is 0 Å². The summed E-state index contributed by atoms with van der Waals surface area (Å²) in [5.74, 6) is 5.57. The Morgan fingerprint density at radius 3 is 2.94 bits per heavy atom. The van der Waals surface area contributed by atoms with Gasteiger partial charge in [0.1, 0.15) is 0 Å². The van der Waals surface area contributed by atoms with Crippen LogP contribution < -0.4 is 11.3 Å². The fourth-order valence-electron chi connectivity index (χ4n) is 1.56. The Morgan fingerprint density at radius 1 is 1.56 bits per heavy atom. The van der Waals surface area contributed by atoms with Gasteiger partial charge in [0.2, 0.25) is 0 Å². The van der Waals surface area contributed by atoms with Crippen LogP contribution in [0.1, 0.15) is 22.2 Å². The summed E-state index contributed by atoms with van der Waals surface area (Å²) in [6, 6.07) is 5.55. The van der Waals surface area contributed by atoms with Crippen LogP contribution in [0.3, 0.4) is 0 Å². The number of hydrogen-bond acceptors (Lipinski definition) is 4. The molecule has 0 aliphatic heterocycles. The molecule has 0 fully saturated rings. The maximum atomic E-state index is 6.10. The minimum atomic E-state index is -0.154. The molecular formula is C11H12ClN3S. The molecule has 2 aromatic rings. The molecule has 0 aliphatic rings. The first-order chi connectivity index (χ1) is 7.72. The lowest BCUT2D eigenvalue weighted by molar-refractivity contribution is 0.622. The fourth-order valence-corrected chi connectivity index (χ4v) is 2.52. The molecule has 1 atom stereocenters. The molecule has 3 N–H and O–H groups in total. The monoisotopic (exact) mass is 253 g/mol. The molecule has 0 aliphatic carbocycles. The molecule has 2 aromatic heterocycles. The number of pyridine rings is 1. The Labute approximate surface area is 103 Å². The summed E-state index contributed by atoms with van der Waals surface area (Å²) in [6.45, 7) is 2.06. The maximum Gasteiger partial charge on any atom is 0.0904 e. The number of nitrogens with zero attached hydrogens (tertiary/aromatic N) is 1. The highest BCUT2D eigenvalue weighted by Gasteiger charge is 2.17. The summed E-state index contributed by atoms with van der Waals surface area (Å²) in [5.41, 5.74) is 4.59. The van der Waals surface area contributed by atoms with E-state index in [1.807, 2.05) is 6.07 Å². The number of aryl methyl sites for hydroxylation is 1. The predicted octanol–water partition coefficient (Wildman–Crippen LogP) is 2.66. The number of thiophene rings is 1. The van der Waals surface area contributed by atoms with E-state index in [1.165, 1.54) is 4.88 Å². The Hall–Kier alpha value is -0.940. The Morgan fingerprint density at radius 2 is 2.38 bits per heavy atom. The number of halogens is 1. The van der Waals surface area contributed by atoms with Crippen molar-refractivity contribution >= 4 is 22.9 Å². The number of rotatable bonds is 3. The van der Waals surface area contributed by atoms with E-state index < -0.39 is 0 Å². The lowest BCUT2D eigenvalue weighted by Crippen LogP contribution is -2.29. The van der Waals surface area contributed by atoms with Crippen molar-refractivity contribution in [3.8, 4) is 0 Å². The molecule has 84 valence electrons. The molecule has 0 aromatic carbocycles. The van der Waals surface area contributed by atoms with Crippen LogP contribution in [0.15, 0.2) is 29.8 Å². The number of hydrazine groups is 1. The zero-order chi connectivity index (χ0) is 11.5. The molecule has 0 saturated carbocycles. The summed E-state index contributed by atoms with van der Waals surface area (Å²) in [7, 11) is 0. The van der Waals surface area contributed by atoms with Gasteiger partial charge in [0.05, 0.1) is 16.8 Å². The Bertz CT molecular complexity index is 484. The van der Waals surface area contributed by atoms with Crippen molar-refractivity contribution in [2.75, 3.05) is 0 Å². The molecule has 5 heteroatoms. The number of nitrogens with two attached hydrogens (primary N) is 1. The van der Waals surface area contributed by atoms with Gasteiger partial charge < -0.3 is 0 Å². The van der Waals surface area contributed by atoms with E-state index >= 15 is 0 Å². The number of aromatic nitrogens is 1. The van der Waals surface area contributed by atoms with Crippen LogP contribution in [0.5, 0.6) is 0 Å². The second kappa shape index (κ2) is 4.93. The standard InChI is InChI=1S/C11H12ClN3S/c1-7-5-8(6-16-7)10(15-13)11-9(12)3-2-4-14-11/h2-6,10,15H,13H2,1H3. The van der Waals surface area contributed by atoms with Crippen LogP contribution in [0.2, 0.25) is 5.02 Å². The van der Waals surface area contributed by atoms with Gasteiger partial charge in [-0.3, -0.25) is 10.8 Å². The number of hydrogen-bond donors (Lipinski definition) is 2. The SMILES string of the molecule is Cc1cc(C(NN)c2ncccc2Cl)cs1. The van der Waals surface area contributed by atoms with E-state index in [-0.39, 0.29) is 6.04 Å². The lowest BCUT2D eigenvalue weighted by Gasteiger charge is -2.15. The average molecular weight is 254 g/mol. The maximum absolute atomic E-state index is 6.10. The molecule has 2 rings (SSSR count). The zero-order valence-electron chi connectivity index (χ0n) is 8.77. The summed E-state index contributed by atoms with van der Waals surface area (Å²) in [6.07, 6.45) is 1.71. The highest BCUT2D eigenvalue weighted by Crippen LogP contribution is 2.28. The molecule has 3 nitrogen and oxygen atoms in total. The summed E-state index contributed by atoms with van der Waals surface area (Å²) >= 11 is 7.78. The minimum Gasteiger partial charge on any atom is -0.271 e. The smallest absolute Gasteiger partial charge is 0.0904 e. The van der Waals surface area contributed by atoms with Crippen LogP contribution in [0, 0.1) is 6.92 Å². The van der Waals surface area contributed by atoms with E-state index in [4.69, 9.17) is 17.4 Å². The normalized spacial score (nSPS) is 12.7. The molecular weight excluding hydrogens is 242 g/mol. The van der Waals surface area contributed by atoms with Gasteiger partial charge in [-0.05, 0) is 36.1 Å². The highest BCUT2D eigenvalue weighted by molar-refractivity contribution is 7.10. The second-order valence-electron chi connectivity index (χ2n) is 3.46. The first-order valence-electron chi connectivity index (χ1n) is 4.84. The van der Waals surface area contributed by atoms with Crippen LogP contribution in [0.25, 0.3) is 0 Å². The Kier molecular flexibility index (Phi) is 3.56. The van der Waals surface area contributed by atoms with Gasteiger partial charge in [-0.25, -0.2) is 5.43 Å². The van der Waals surface area contributed by atoms with Crippen molar-refractivity contribution < 1.29 is 0 Å². The van der Waals surface area contributed by atoms with Crippen molar-refractivity contribution in [3.05, 3.63) is 50.9 Å². The van der Waals surface area contributed by atoms with Crippen LogP contribution >= 0.6 is 22.9 Å². The van der Waals surface area contributed by atoms with Gasteiger partial charge in [-0.2, -0.15) is 0 Å². The van der Waals surface area contributed by atoms with Gasteiger partial charge in [0, 0.05) is 11.1 Å². The van der Waals surface area contributed by atoms with Crippen molar-refractivity contribution in [1.29, 1.82) is 0 Å². The molecule has 0 saturated heterocycles. The van der Waals surface area contributed by atoms with Crippen molar-refractivity contribution in [3.63, 3.8) is 0 Å². The van der Waals surface area contributed by atoms with Gasteiger partial charge in [-0.15, -0.1) is 11.3 Å². The van der Waals surface area contributed by atoms with Gasteiger partial charge >= 0.3 is 0 Å². The predicted molar refractivity (Wildman–Crippen MR) is 67.5 cm³/mol. The van der Waals surface area contributed by atoms with Gasteiger partial charge in [0.25, 0.3) is 0 Å².